The van der Waals surface area contributed by atoms with E-state index in [0.717, 1.165) is 50.1 Å². The maximum Gasteiger partial charge on any atom is 0.125 e. The molecule has 1 aliphatic carbocycles. The third kappa shape index (κ3) is 8.74. The Morgan fingerprint density at radius 1 is 0.396 bits per heavy atom. The van der Waals surface area contributed by atoms with Crippen LogP contribution in [0.5, 0.6) is 17.2 Å². The fourth-order valence-corrected chi connectivity index (χ4v) is 7.00. The number of fused-ring (bicyclic) bond motifs is 6. The lowest BCUT2D eigenvalue weighted by molar-refractivity contribution is 0.168. The van der Waals surface area contributed by atoms with Crippen LogP contribution in [0.25, 0.3) is 0 Å². The number of hydrogen-bond donors (Lipinski definition) is 3. The van der Waals surface area contributed by atoms with Crippen molar-refractivity contribution in [3.05, 3.63) is 86.5 Å². The summed E-state index contributed by atoms with van der Waals surface area (Å²) in [6, 6.07) is 12.9. The van der Waals surface area contributed by atoms with Gasteiger partial charge in [0.05, 0.1) is 39.6 Å². The lowest BCUT2D eigenvalue weighted by Gasteiger charge is -2.28. The molecule has 264 valence electrons. The van der Waals surface area contributed by atoms with Crippen LogP contribution in [0.4, 0.5) is 0 Å². The van der Waals surface area contributed by atoms with E-state index >= 15 is 0 Å². The molecule has 0 unspecified atom stereocenters. The molecule has 0 aliphatic heterocycles. The van der Waals surface area contributed by atoms with E-state index in [4.69, 9.17) is 14.2 Å². The van der Waals surface area contributed by atoms with Crippen molar-refractivity contribution < 1.29 is 29.5 Å². The molecule has 0 amide bonds. The minimum atomic E-state index is -0.715. The molecule has 3 N–H and O–H groups in total. The summed E-state index contributed by atoms with van der Waals surface area (Å²) < 4.78 is 18.1. The van der Waals surface area contributed by atoms with Gasteiger partial charge in [0.1, 0.15) is 17.2 Å². The maximum absolute atomic E-state index is 11.7. The molecule has 0 saturated carbocycles. The van der Waals surface area contributed by atoms with Crippen LogP contribution in [0.1, 0.15) is 112 Å². The van der Waals surface area contributed by atoms with Gasteiger partial charge in [-0.15, -0.1) is 0 Å². The first-order valence-electron chi connectivity index (χ1n) is 17.4. The van der Waals surface area contributed by atoms with Crippen LogP contribution in [-0.4, -0.2) is 55.0 Å². The number of benzene rings is 3. The monoisotopic (exact) mass is 660 g/mol. The van der Waals surface area contributed by atoms with Gasteiger partial charge in [-0.3, -0.25) is 0 Å². The lowest BCUT2D eigenvalue weighted by Crippen LogP contribution is -2.23. The average Bonchev–Trinajstić information content (AvgIpc) is 2.94. The highest BCUT2D eigenvalue weighted by molar-refractivity contribution is 5.51. The predicted octanol–water partition coefficient (Wildman–Crippen LogP) is 7.36. The normalized spacial score (nSPS) is 19.7. The van der Waals surface area contributed by atoms with Gasteiger partial charge in [-0.1, -0.05) is 98.7 Å². The number of methoxy groups -OCH3 is 3. The van der Waals surface area contributed by atoms with E-state index in [1.165, 1.54) is 0 Å². The Bertz CT molecular complexity index is 1310. The fourth-order valence-electron chi connectivity index (χ4n) is 7.00. The Balaban J connectivity index is 1.99. The van der Waals surface area contributed by atoms with Gasteiger partial charge in [0.2, 0.25) is 0 Å². The van der Waals surface area contributed by atoms with Gasteiger partial charge in [-0.25, -0.2) is 0 Å². The smallest absolute Gasteiger partial charge is 0.125 e. The van der Waals surface area contributed by atoms with Crippen molar-refractivity contribution >= 4 is 0 Å². The first kappa shape index (κ1) is 37.8. The molecule has 0 atom stereocenters. The minimum absolute atomic E-state index is 0.151. The van der Waals surface area contributed by atoms with Gasteiger partial charge in [0.25, 0.3) is 0 Å². The molecular formula is C42H60O6. The van der Waals surface area contributed by atoms with Gasteiger partial charge >= 0.3 is 0 Å². The van der Waals surface area contributed by atoms with Crippen LogP contribution in [0.15, 0.2) is 36.4 Å². The quantitative estimate of drug-likeness (QED) is 0.272. The van der Waals surface area contributed by atoms with Crippen molar-refractivity contribution in [2.45, 2.75) is 135 Å². The molecule has 0 radical (unpaired) electrons. The Kier molecular flexibility index (Phi) is 11.3. The Hall–Kier alpha value is -3.06. The van der Waals surface area contributed by atoms with Crippen molar-refractivity contribution in [2.24, 2.45) is 0 Å². The van der Waals surface area contributed by atoms with Gasteiger partial charge in [0, 0.05) is 38.5 Å². The largest absolute Gasteiger partial charge is 0.496 e. The first-order chi connectivity index (χ1) is 22.2. The Morgan fingerprint density at radius 2 is 0.562 bits per heavy atom. The summed E-state index contributed by atoms with van der Waals surface area (Å²) in [5.41, 5.74) is 8.41. The second-order valence-corrected chi connectivity index (χ2v) is 16.9. The first-order valence-corrected chi connectivity index (χ1v) is 17.4. The predicted molar refractivity (Wildman–Crippen MR) is 195 cm³/mol. The van der Waals surface area contributed by atoms with E-state index in [0.29, 0.717) is 55.8 Å². The van der Waals surface area contributed by atoms with E-state index < -0.39 is 18.3 Å². The molecule has 48 heavy (non-hydrogen) atoms. The molecule has 6 heteroatoms. The standard InChI is InChI=1S/C42H60O6/c1-40(2,3)31-13-25-19-34(43)21-27-15-32(41(4,5)6)17-29(38(27)47-11)23-36(45)24-30-18-33(42(7,8)9)16-28(39(30)48-12)22-35(44)20-26(14-31)37(25)46-10/h13-18,34-36,43-45H,19-24H2,1-12H3. The summed E-state index contributed by atoms with van der Waals surface area (Å²) in [4.78, 5) is 0. The number of aliphatic hydroxyl groups excluding tert-OH is 3. The van der Waals surface area contributed by atoms with Crippen molar-refractivity contribution in [1.29, 1.82) is 0 Å². The highest BCUT2D eigenvalue weighted by Crippen LogP contribution is 2.39. The molecule has 0 fully saturated rings. The second kappa shape index (κ2) is 14.4. The highest BCUT2D eigenvalue weighted by Gasteiger charge is 2.28. The summed E-state index contributed by atoms with van der Waals surface area (Å²) in [7, 11) is 5.00. The molecule has 4 rings (SSSR count). The van der Waals surface area contributed by atoms with Crippen molar-refractivity contribution in [1.82, 2.24) is 0 Å². The zero-order valence-corrected chi connectivity index (χ0v) is 31.5. The zero-order valence-electron chi connectivity index (χ0n) is 31.5. The lowest BCUT2D eigenvalue weighted by atomic mass is 9.81. The average molecular weight is 661 g/mol. The minimum Gasteiger partial charge on any atom is -0.496 e. The Morgan fingerprint density at radius 3 is 0.688 bits per heavy atom. The van der Waals surface area contributed by atoms with Gasteiger partial charge in [-0.05, 0) is 66.3 Å². The van der Waals surface area contributed by atoms with Gasteiger partial charge < -0.3 is 29.5 Å². The molecule has 6 nitrogen and oxygen atoms in total. The van der Waals surface area contributed by atoms with Gasteiger partial charge in [-0.2, -0.15) is 0 Å². The number of hydrogen-bond acceptors (Lipinski definition) is 6. The van der Waals surface area contributed by atoms with Crippen molar-refractivity contribution in [3.63, 3.8) is 0 Å². The zero-order chi connectivity index (χ0) is 35.8. The highest BCUT2D eigenvalue weighted by atomic mass is 16.5. The summed E-state index contributed by atoms with van der Waals surface area (Å²) in [5, 5.41) is 35.0. The molecule has 0 heterocycles. The summed E-state index contributed by atoms with van der Waals surface area (Å²) >= 11 is 0. The molecule has 3 aromatic rings. The second-order valence-electron chi connectivity index (χ2n) is 16.9. The molecule has 1 aliphatic rings. The van der Waals surface area contributed by atoms with E-state index in [9.17, 15) is 15.3 Å². The number of aliphatic hydroxyl groups is 3. The Labute approximate surface area is 289 Å². The third-order valence-corrected chi connectivity index (χ3v) is 9.67. The van der Waals surface area contributed by atoms with Crippen molar-refractivity contribution in [2.75, 3.05) is 21.3 Å². The van der Waals surface area contributed by atoms with Crippen LogP contribution < -0.4 is 14.2 Å². The number of rotatable bonds is 3. The topological polar surface area (TPSA) is 88.4 Å². The molecular weight excluding hydrogens is 600 g/mol. The summed E-state index contributed by atoms with van der Waals surface area (Å²) in [6.45, 7) is 19.6. The molecule has 0 aromatic heterocycles. The van der Waals surface area contributed by atoms with E-state index in [2.05, 4.69) is 98.7 Å². The molecule has 0 spiro atoms. The molecule has 0 saturated heterocycles. The molecule has 3 aromatic carbocycles. The third-order valence-electron chi connectivity index (χ3n) is 9.67. The van der Waals surface area contributed by atoms with Crippen molar-refractivity contribution in [3.8, 4) is 17.2 Å². The van der Waals surface area contributed by atoms with Gasteiger partial charge in [0.15, 0.2) is 0 Å². The van der Waals surface area contributed by atoms with E-state index in [-0.39, 0.29) is 16.2 Å². The van der Waals surface area contributed by atoms with Crippen LogP contribution in [0.2, 0.25) is 0 Å². The van der Waals surface area contributed by atoms with Crippen LogP contribution in [0, 0.1) is 0 Å². The van der Waals surface area contributed by atoms with E-state index in [1.807, 2.05) is 0 Å². The van der Waals surface area contributed by atoms with E-state index in [1.54, 1.807) is 21.3 Å². The van der Waals surface area contributed by atoms with Crippen LogP contribution in [0.3, 0.4) is 0 Å². The summed E-state index contributed by atoms with van der Waals surface area (Å²) in [5.74, 6) is 2.12. The van der Waals surface area contributed by atoms with Crippen LogP contribution >= 0.6 is 0 Å². The fraction of sp³-hybridized carbons (Fsp3) is 0.571. The molecule has 6 bridgehead atoms. The number of ether oxygens (including phenoxy) is 3. The van der Waals surface area contributed by atoms with Crippen LogP contribution in [-0.2, 0) is 54.8 Å². The summed E-state index contributed by atoms with van der Waals surface area (Å²) in [6.07, 6.45) is 0.115. The maximum atomic E-state index is 11.7. The SMILES string of the molecule is COc1c2cc(C(C)(C)C)cc1CC(O)Cc1cc(C(C)(C)C)cc(c1OC)CC(O)Cc1cc(C(C)(C)C)cc(c1OC)CC(O)C2.